The van der Waals surface area contributed by atoms with Crippen LogP contribution in [0.25, 0.3) is 0 Å². The van der Waals surface area contributed by atoms with Crippen LogP contribution in [0.2, 0.25) is 0 Å². The molecule has 1 saturated heterocycles. The maximum Gasteiger partial charge on any atom is 0.141 e. The summed E-state index contributed by atoms with van der Waals surface area (Å²) in [6.07, 6.45) is 6.96. The predicted octanol–water partition coefficient (Wildman–Crippen LogP) is 2.93. The molecule has 0 spiro atoms. The first-order valence-electron chi connectivity index (χ1n) is 6.54. The lowest BCUT2D eigenvalue weighted by molar-refractivity contribution is 0.638. The molecule has 1 aromatic heterocycles. The van der Waals surface area contributed by atoms with E-state index in [1.165, 1.54) is 25.0 Å². The molecular formula is C13H21N3S. The highest BCUT2D eigenvalue weighted by atomic mass is 32.2. The van der Waals surface area contributed by atoms with Crippen molar-refractivity contribution in [2.75, 3.05) is 12.3 Å². The molecule has 4 heteroatoms. The number of hydrogen-bond acceptors (Lipinski definition) is 4. The third-order valence-electron chi connectivity index (χ3n) is 2.93. The Hall–Kier alpha value is -0.610. The molecule has 0 amide bonds. The van der Waals surface area contributed by atoms with Gasteiger partial charge in [0, 0.05) is 12.7 Å². The van der Waals surface area contributed by atoms with Crippen LogP contribution < -0.4 is 5.32 Å². The van der Waals surface area contributed by atoms with Crippen molar-refractivity contribution < 1.29 is 0 Å². The fourth-order valence-corrected chi connectivity index (χ4v) is 3.26. The van der Waals surface area contributed by atoms with Crippen molar-refractivity contribution in [2.24, 2.45) is 0 Å². The van der Waals surface area contributed by atoms with E-state index >= 15 is 0 Å². The van der Waals surface area contributed by atoms with Crippen LogP contribution in [0.3, 0.4) is 0 Å². The third-order valence-corrected chi connectivity index (χ3v) is 4.31. The summed E-state index contributed by atoms with van der Waals surface area (Å²) in [4.78, 5) is 9.11. The molecule has 2 rings (SSSR count). The van der Waals surface area contributed by atoms with Crippen LogP contribution in [0.15, 0.2) is 12.3 Å². The summed E-state index contributed by atoms with van der Waals surface area (Å²) in [5.74, 6) is 2.29. The normalized spacial score (nSPS) is 20.4. The van der Waals surface area contributed by atoms with E-state index < -0.39 is 0 Å². The van der Waals surface area contributed by atoms with E-state index in [0.717, 1.165) is 31.0 Å². The zero-order chi connectivity index (χ0) is 11.9. The molecule has 1 aliphatic rings. The van der Waals surface area contributed by atoms with Gasteiger partial charge in [0.15, 0.2) is 0 Å². The molecular weight excluding hydrogens is 230 g/mol. The van der Waals surface area contributed by atoms with E-state index in [4.69, 9.17) is 0 Å². The predicted molar refractivity (Wildman–Crippen MR) is 73.1 cm³/mol. The van der Waals surface area contributed by atoms with Crippen LogP contribution in [-0.2, 0) is 6.54 Å². The summed E-state index contributed by atoms with van der Waals surface area (Å²) >= 11 is 2.01. The van der Waals surface area contributed by atoms with Gasteiger partial charge in [0.25, 0.3) is 0 Å². The van der Waals surface area contributed by atoms with Gasteiger partial charge in [0.1, 0.15) is 5.82 Å². The zero-order valence-corrected chi connectivity index (χ0v) is 11.3. The zero-order valence-electron chi connectivity index (χ0n) is 10.5. The fourth-order valence-electron chi connectivity index (χ4n) is 2.00. The molecule has 0 bridgehead atoms. The van der Waals surface area contributed by atoms with Gasteiger partial charge >= 0.3 is 0 Å². The maximum absolute atomic E-state index is 4.67. The Kier molecular flexibility index (Phi) is 5.26. The summed E-state index contributed by atoms with van der Waals surface area (Å²) < 4.78 is 0. The second kappa shape index (κ2) is 6.97. The SMILES string of the molecule is CCCNCc1ccnc(C2CCCCS2)n1. The first-order chi connectivity index (χ1) is 8.40. The number of nitrogens with zero attached hydrogens (tertiary/aromatic N) is 2. The van der Waals surface area contributed by atoms with Crippen molar-refractivity contribution in [2.45, 2.75) is 44.4 Å². The largest absolute Gasteiger partial charge is 0.311 e. The van der Waals surface area contributed by atoms with Crippen LogP contribution in [-0.4, -0.2) is 22.3 Å². The summed E-state index contributed by atoms with van der Waals surface area (Å²) in [6, 6.07) is 2.01. The van der Waals surface area contributed by atoms with Gasteiger partial charge < -0.3 is 5.32 Å². The summed E-state index contributed by atoms with van der Waals surface area (Å²) in [6.45, 7) is 4.09. The summed E-state index contributed by atoms with van der Waals surface area (Å²) in [7, 11) is 0. The standard InChI is InChI=1S/C13H21N3S/c1-2-7-14-10-11-6-8-15-13(16-11)12-5-3-4-9-17-12/h6,8,12,14H,2-5,7,9-10H2,1H3. The minimum atomic E-state index is 0.523. The van der Waals surface area contributed by atoms with Crippen LogP contribution in [0.5, 0.6) is 0 Å². The molecule has 0 aliphatic carbocycles. The highest BCUT2D eigenvalue weighted by molar-refractivity contribution is 7.99. The number of hydrogen-bond donors (Lipinski definition) is 1. The number of nitrogens with one attached hydrogen (secondary N) is 1. The van der Waals surface area contributed by atoms with Gasteiger partial charge in [-0.3, -0.25) is 0 Å². The Labute approximate surface area is 108 Å². The van der Waals surface area contributed by atoms with Gasteiger partial charge in [0.2, 0.25) is 0 Å². The maximum atomic E-state index is 4.67. The second-order valence-corrected chi connectivity index (χ2v) is 5.75. The topological polar surface area (TPSA) is 37.8 Å². The second-order valence-electron chi connectivity index (χ2n) is 4.44. The van der Waals surface area contributed by atoms with E-state index in [-0.39, 0.29) is 0 Å². The molecule has 1 aliphatic heterocycles. The number of aromatic nitrogens is 2. The van der Waals surface area contributed by atoms with Crippen molar-refractivity contribution in [1.82, 2.24) is 15.3 Å². The van der Waals surface area contributed by atoms with Gasteiger partial charge in [-0.15, -0.1) is 0 Å². The van der Waals surface area contributed by atoms with Gasteiger partial charge in [-0.05, 0) is 37.6 Å². The summed E-state index contributed by atoms with van der Waals surface area (Å²) in [5, 5.41) is 3.91. The lowest BCUT2D eigenvalue weighted by Crippen LogP contribution is -2.16. The van der Waals surface area contributed by atoms with Crippen LogP contribution in [0.1, 0.15) is 49.4 Å². The van der Waals surface area contributed by atoms with Crippen LogP contribution in [0.4, 0.5) is 0 Å². The quantitative estimate of drug-likeness (QED) is 0.817. The Balaban J connectivity index is 1.95. The summed E-state index contributed by atoms with van der Waals surface area (Å²) in [5.41, 5.74) is 1.12. The van der Waals surface area contributed by atoms with Gasteiger partial charge in [-0.2, -0.15) is 11.8 Å². The van der Waals surface area contributed by atoms with E-state index in [9.17, 15) is 0 Å². The average Bonchev–Trinajstić information content (AvgIpc) is 2.41. The van der Waals surface area contributed by atoms with Gasteiger partial charge in [0.05, 0.1) is 10.9 Å². The highest BCUT2D eigenvalue weighted by Crippen LogP contribution is 2.36. The lowest BCUT2D eigenvalue weighted by Gasteiger charge is -2.20. The number of thioether (sulfide) groups is 1. The molecule has 94 valence electrons. The molecule has 0 saturated carbocycles. The first kappa shape index (κ1) is 12.8. The Morgan fingerprint density at radius 1 is 1.47 bits per heavy atom. The molecule has 1 N–H and O–H groups in total. The van der Waals surface area contributed by atoms with Crippen molar-refractivity contribution in [3.05, 3.63) is 23.8 Å². The van der Waals surface area contributed by atoms with E-state index in [1.807, 2.05) is 24.0 Å². The molecule has 0 aromatic carbocycles. The fraction of sp³-hybridized carbons (Fsp3) is 0.692. The molecule has 17 heavy (non-hydrogen) atoms. The molecule has 1 fully saturated rings. The van der Waals surface area contributed by atoms with Gasteiger partial charge in [-0.1, -0.05) is 13.3 Å². The monoisotopic (exact) mass is 251 g/mol. The van der Waals surface area contributed by atoms with Gasteiger partial charge in [-0.25, -0.2) is 9.97 Å². The molecule has 2 heterocycles. The van der Waals surface area contributed by atoms with Crippen molar-refractivity contribution >= 4 is 11.8 Å². The van der Waals surface area contributed by atoms with Crippen LogP contribution in [0, 0.1) is 0 Å². The smallest absolute Gasteiger partial charge is 0.141 e. The minimum Gasteiger partial charge on any atom is -0.311 e. The number of rotatable bonds is 5. The average molecular weight is 251 g/mol. The first-order valence-corrected chi connectivity index (χ1v) is 7.59. The Morgan fingerprint density at radius 3 is 3.18 bits per heavy atom. The van der Waals surface area contributed by atoms with E-state index in [2.05, 4.69) is 22.2 Å². The van der Waals surface area contributed by atoms with Crippen molar-refractivity contribution in [1.29, 1.82) is 0 Å². The molecule has 1 unspecified atom stereocenters. The van der Waals surface area contributed by atoms with E-state index in [0.29, 0.717) is 5.25 Å². The molecule has 1 aromatic rings. The lowest BCUT2D eigenvalue weighted by atomic mass is 10.2. The highest BCUT2D eigenvalue weighted by Gasteiger charge is 2.18. The molecule has 0 radical (unpaired) electrons. The van der Waals surface area contributed by atoms with E-state index in [1.54, 1.807) is 0 Å². The molecule has 3 nitrogen and oxygen atoms in total. The van der Waals surface area contributed by atoms with Crippen LogP contribution >= 0.6 is 11.8 Å². The van der Waals surface area contributed by atoms with Crippen molar-refractivity contribution in [3.8, 4) is 0 Å². The Morgan fingerprint density at radius 2 is 2.41 bits per heavy atom. The Bertz CT molecular complexity index is 337. The molecule has 1 atom stereocenters. The van der Waals surface area contributed by atoms with Crippen molar-refractivity contribution in [3.63, 3.8) is 0 Å². The minimum absolute atomic E-state index is 0.523. The third kappa shape index (κ3) is 3.96.